The van der Waals surface area contributed by atoms with Crippen LogP contribution in [0.25, 0.3) is 0 Å². The second-order valence-corrected chi connectivity index (χ2v) is 3.62. The summed E-state index contributed by atoms with van der Waals surface area (Å²) in [5.74, 6) is -3.65. The van der Waals surface area contributed by atoms with Gasteiger partial charge in [0.1, 0.15) is 0 Å². The highest BCUT2D eigenvalue weighted by molar-refractivity contribution is 6.27. The van der Waals surface area contributed by atoms with Crippen LogP contribution in [0.1, 0.15) is 25.1 Å². The lowest BCUT2D eigenvalue weighted by atomic mass is 10.2. The van der Waals surface area contributed by atoms with E-state index < -0.39 is 11.9 Å². The van der Waals surface area contributed by atoms with Crippen LogP contribution in [0, 0.1) is 0 Å². The van der Waals surface area contributed by atoms with Crippen molar-refractivity contribution < 1.29 is 24.9 Å². The number of aliphatic carboxylic acids is 2. The highest BCUT2D eigenvalue weighted by Crippen LogP contribution is 2.06. The van der Waals surface area contributed by atoms with Crippen LogP contribution in [0.5, 0.6) is 0 Å². The molecule has 0 spiro atoms. The maximum absolute atomic E-state index is 9.10. The lowest BCUT2D eigenvalue weighted by molar-refractivity contribution is -0.159. The van der Waals surface area contributed by atoms with Crippen molar-refractivity contribution in [2.24, 2.45) is 0 Å². The van der Waals surface area contributed by atoms with Crippen molar-refractivity contribution in [3.05, 3.63) is 30.1 Å². The fourth-order valence-electron chi connectivity index (χ4n) is 1.13. The Labute approximate surface area is 110 Å². The second-order valence-electron chi connectivity index (χ2n) is 3.62. The smallest absolute Gasteiger partial charge is 0.414 e. The van der Waals surface area contributed by atoms with E-state index in [0.29, 0.717) is 0 Å². The quantitative estimate of drug-likeness (QED) is 0.447. The maximum atomic E-state index is 9.10. The number of carbonyl (C=O) groups is 2. The van der Waals surface area contributed by atoms with Crippen molar-refractivity contribution in [1.29, 1.82) is 0 Å². The number of aliphatic hydroxyl groups excluding tert-OH is 1. The summed E-state index contributed by atoms with van der Waals surface area (Å²) in [6.45, 7) is 3.13. The maximum Gasteiger partial charge on any atom is 0.414 e. The summed E-state index contributed by atoms with van der Waals surface area (Å²) in [6.07, 6.45) is 2.58. The minimum absolute atomic E-state index is 0.238. The molecule has 1 unspecified atom stereocenters. The zero-order valence-corrected chi connectivity index (χ0v) is 10.6. The third-order valence-corrected chi connectivity index (χ3v) is 2.10. The molecule has 0 aliphatic heterocycles. The first-order valence-corrected chi connectivity index (χ1v) is 5.70. The lowest BCUT2D eigenvalue weighted by Gasteiger charge is -2.11. The zero-order valence-electron chi connectivity index (χ0n) is 10.6. The number of aliphatic hydroxyl groups is 1. The van der Waals surface area contributed by atoms with Crippen molar-refractivity contribution >= 4 is 11.9 Å². The molecule has 0 radical (unpaired) electrons. The first kappa shape index (κ1) is 17.0. The molecule has 106 valence electrons. The summed E-state index contributed by atoms with van der Waals surface area (Å²) in [4.78, 5) is 22.4. The van der Waals surface area contributed by atoms with Gasteiger partial charge in [0.25, 0.3) is 0 Å². The normalized spacial score (nSPS) is 11.1. The van der Waals surface area contributed by atoms with Crippen molar-refractivity contribution in [2.45, 2.75) is 19.4 Å². The van der Waals surface area contributed by atoms with Crippen LogP contribution >= 0.6 is 0 Å². The molecular formula is C12H18N2O5. The summed E-state index contributed by atoms with van der Waals surface area (Å²) in [7, 11) is 0. The van der Waals surface area contributed by atoms with Crippen LogP contribution < -0.4 is 5.32 Å². The lowest BCUT2D eigenvalue weighted by Crippen LogP contribution is -2.21. The van der Waals surface area contributed by atoms with E-state index in [0.717, 1.165) is 18.7 Å². The predicted molar refractivity (Wildman–Crippen MR) is 67.6 cm³/mol. The van der Waals surface area contributed by atoms with E-state index >= 15 is 0 Å². The number of nitrogens with one attached hydrogen (secondary N) is 1. The van der Waals surface area contributed by atoms with Gasteiger partial charge in [0.05, 0.1) is 5.69 Å². The SMILES string of the molecule is CC(NCCCO)c1ccccn1.O=C(O)C(=O)O. The highest BCUT2D eigenvalue weighted by Gasteiger charge is 2.04. The molecule has 4 N–H and O–H groups in total. The Morgan fingerprint density at radius 1 is 1.32 bits per heavy atom. The average molecular weight is 270 g/mol. The number of hydrogen-bond acceptors (Lipinski definition) is 5. The van der Waals surface area contributed by atoms with Crippen LogP contribution in [0.15, 0.2) is 24.4 Å². The van der Waals surface area contributed by atoms with E-state index in [2.05, 4.69) is 17.2 Å². The third kappa shape index (κ3) is 8.70. The molecule has 0 bridgehead atoms. The Morgan fingerprint density at radius 3 is 2.37 bits per heavy atom. The Kier molecular flexibility index (Phi) is 8.94. The molecule has 0 saturated carbocycles. The molecule has 19 heavy (non-hydrogen) atoms. The molecule has 7 heteroatoms. The molecule has 1 atom stereocenters. The molecule has 7 nitrogen and oxygen atoms in total. The van der Waals surface area contributed by atoms with Gasteiger partial charge in [-0.25, -0.2) is 9.59 Å². The average Bonchev–Trinajstić information content (AvgIpc) is 2.40. The third-order valence-electron chi connectivity index (χ3n) is 2.10. The molecule has 1 heterocycles. The number of carboxylic acid groups (broad SMARTS) is 2. The van der Waals surface area contributed by atoms with Crippen molar-refractivity contribution in [2.75, 3.05) is 13.2 Å². The minimum atomic E-state index is -1.82. The summed E-state index contributed by atoms with van der Waals surface area (Å²) < 4.78 is 0. The molecular weight excluding hydrogens is 252 g/mol. The van der Waals surface area contributed by atoms with Gasteiger partial charge in [-0.05, 0) is 32.0 Å². The Hall–Kier alpha value is -1.99. The monoisotopic (exact) mass is 270 g/mol. The van der Waals surface area contributed by atoms with E-state index in [9.17, 15) is 0 Å². The number of pyridine rings is 1. The summed E-state index contributed by atoms with van der Waals surface area (Å²) in [5, 5.41) is 26.7. The molecule has 1 rings (SSSR count). The van der Waals surface area contributed by atoms with E-state index in [4.69, 9.17) is 24.9 Å². The topological polar surface area (TPSA) is 120 Å². The molecule has 0 fully saturated rings. The molecule has 1 aromatic heterocycles. The molecule has 0 saturated heterocycles. The second kappa shape index (κ2) is 9.98. The summed E-state index contributed by atoms with van der Waals surface area (Å²) >= 11 is 0. The van der Waals surface area contributed by atoms with Crippen LogP contribution in [0.4, 0.5) is 0 Å². The highest BCUT2D eigenvalue weighted by atomic mass is 16.4. The van der Waals surface area contributed by atoms with Gasteiger partial charge in [-0.3, -0.25) is 4.98 Å². The van der Waals surface area contributed by atoms with Crippen molar-refractivity contribution in [1.82, 2.24) is 10.3 Å². The number of rotatable bonds is 5. The Balaban J connectivity index is 0.000000459. The van der Waals surface area contributed by atoms with E-state index in [1.807, 2.05) is 18.2 Å². The standard InChI is InChI=1S/C10H16N2O.C2H2O4/c1-9(11-7-4-8-13)10-5-2-3-6-12-10;3-1(4)2(5)6/h2-3,5-6,9,11,13H,4,7-8H2,1H3;(H,3,4)(H,5,6). The van der Waals surface area contributed by atoms with Gasteiger partial charge in [-0.1, -0.05) is 6.07 Å². The van der Waals surface area contributed by atoms with Crippen molar-refractivity contribution in [3.63, 3.8) is 0 Å². The molecule has 0 aliphatic carbocycles. The largest absolute Gasteiger partial charge is 0.473 e. The Morgan fingerprint density at radius 2 is 1.95 bits per heavy atom. The molecule has 0 amide bonds. The molecule has 0 aromatic carbocycles. The minimum Gasteiger partial charge on any atom is -0.473 e. The predicted octanol–water partition coefficient (Wildman–Crippen LogP) is 0.270. The van der Waals surface area contributed by atoms with E-state index in [1.54, 1.807) is 6.20 Å². The van der Waals surface area contributed by atoms with Crippen LogP contribution in [-0.4, -0.2) is 45.4 Å². The first-order chi connectivity index (χ1) is 8.99. The van der Waals surface area contributed by atoms with Gasteiger partial charge in [-0.2, -0.15) is 0 Å². The number of aromatic nitrogens is 1. The van der Waals surface area contributed by atoms with E-state index in [-0.39, 0.29) is 12.6 Å². The van der Waals surface area contributed by atoms with Crippen molar-refractivity contribution in [3.8, 4) is 0 Å². The zero-order chi connectivity index (χ0) is 14.7. The molecule has 0 aliphatic rings. The van der Waals surface area contributed by atoms with Gasteiger partial charge < -0.3 is 20.6 Å². The van der Waals surface area contributed by atoms with Gasteiger partial charge in [0, 0.05) is 18.8 Å². The summed E-state index contributed by atoms with van der Waals surface area (Å²) in [5.41, 5.74) is 1.04. The Bertz CT molecular complexity index is 371. The van der Waals surface area contributed by atoms with Crippen LogP contribution in [0.2, 0.25) is 0 Å². The van der Waals surface area contributed by atoms with Gasteiger partial charge in [0.15, 0.2) is 0 Å². The number of carboxylic acids is 2. The van der Waals surface area contributed by atoms with E-state index in [1.165, 1.54) is 0 Å². The first-order valence-electron chi connectivity index (χ1n) is 5.70. The number of nitrogens with zero attached hydrogens (tertiary/aromatic N) is 1. The van der Waals surface area contributed by atoms with Gasteiger partial charge in [-0.15, -0.1) is 0 Å². The van der Waals surface area contributed by atoms with Gasteiger partial charge in [0.2, 0.25) is 0 Å². The van der Waals surface area contributed by atoms with Crippen LogP contribution in [0.3, 0.4) is 0 Å². The fraction of sp³-hybridized carbons (Fsp3) is 0.417. The fourth-order valence-corrected chi connectivity index (χ4v) is 1.13. The summed E-state index contributed by atoms with van der Waals surface area (Å²) in [6, 6.07) is 6.14. The number of hydrogen-bond donors (Lipinski definition) is 4. The van der Waals surface area contributed by atoms with Crippen LogP contribution in [-0.2, 0) is 9.59 Å². The molecule has 1 aromatic rings. The van der Waals surface area contributed by atoms with Gasteiger partial charge >= 0.3 is 11.9 Å².